The van der Waals surface area contributed by atoms with E-state index in [9.17, 15) is 4.79 Å². The molecule has 1 amide bonds. The molecule has 0 unspecified atom stereocenters. The van der Waals surface area contributed by atoms with Crippen molar-refractivity contribution in [1.29, 1.82) is 0 Å². The molecule has 0 N–H and O–H groups in total. The van der Waals surface area contributed by atoms with Gasteiger partial charge in [0.25, 0.3) is 0 Å². The molecule has 1 spiro atoms. The minimum absolute atomic E-state index is 0.0316. The van der Waals surface area contributed by atoms with Gasteiger partial charge in [-0.2, -0.15) is 0 Å². The first-order valence-electron chi connectivity index (χ1n) is 9.69. The molecule has 0 bridgehead atoms. The highest BCUT2D eigenvalue weighted by Gasteiger charge is 2.50. The van der Waals surface area contributed by atoms with Crippen molar-refractivity contribution in [2.24, 2.45) is 0 Å². The zero-order valence-corrected chi connectivity index (χ0v) is 15.8. The summed E-state index contributed by atoms with van der Waals surface area (Å²) in [5.74, 6) is 0.327. The van der Waals surface area contributed by atoms with E-state index in [0.29, 0.717) is 5.91 Å². The number of amides is 1. The Balaban J connectivity index is 1.45. The number of carbonyl (C=O) groups excluding carboxylic acids is 1. The molecular formula is C23H28N2O. The van der Waals surface area contributed by atoms with Crippen molar-refractivity contribution in [3.63, 3.8) is 0 Å². The van der Waals surface area contributed by atoms with Crippen LogP contribution in [0.3, 0.4) is 0 Å². The standard InChI is InChI=1S/C23H28N2O/c1-18-8-6-7-11-20(18)17-25-14-12-23(13-15-25)16-21(22(26)24(23)2)19-9-4-3-5-10-19/h3-11,21H,12-17H2,1-2H3/t21-/m1/s1. The molecule has 136 valence electrons. The number of carbonyl (C=O) groups is 1. The summed E-state index contributed by atoms with van der Waals surface area (Å²) in [5.41, 5.74) is 4.00. The van der Waals surface area contributed by atoms with Gasteiger partial charge >= 0.3 is 0 Å². The molecule has 0 aromatic heterocycles. The van der Waals surface area contributed by atoms with Gasteiger partial charge in [-0.25, -0.2) is 0 Å². The SMILES string of the molecule is Cc1ccccc1CN1CCC2(CC1)C[C@H](c1ccccc1)C(=O)N2C. The van der Waals surface area contributed by atoms with E-state index in [4.69, 9.17) is 0 Å². The molecule has 0 aliphatic carbocycles. The Hall–Kier alpha value is -2.13. The first kappa shape index (κ1) is 17.3. The van der Waals surface area contributed by atoms with Crippen LogP contribution >= 0.6 is 0 Å². The van der Waals surface area contributed by atoms with Gasteiger partial charge in [-0.1, -0.05) is 54.6 Å². The highest BCUT2D eigenvalue weighted by Crippen LogP contribution is 2.44. The zero-order valence-electron chi connectivity index (χ0n) is 15.8. The van der Waals surface area contributed by atoms with Crippen LogP contribution in [0, 0.1) is 6.92 Å². The molecule has 1 atom stereocenters. The van der Waals surface area contributed by atoms with Crippen molar-refractivity contribution in [2.45, 2.75) is 44.2 Å². The van der Waals surface area contributed by atoms with Gasteiger partial charge in [-0.15, -0.1) is 0 Å². The molecule has 2 aromatic carbocycles. The molecular weight excluding hydrogens is 320 g/mol. The lowest BCUT2D eigenvalue weighted by molar-refractivity contribution is -0.131. The number of rotatable bonds is 3. The predicted octanol–water partition coefficient (Wildman–Crippen LogP) is 3.98. The molecule has 26 heavy (non-hydrogen) atoms. The quantitative estimate of drug-likeness (QED) is 0.838. The lowest BCUT2D eigenvalue weighted by Crippen LogP contribution is -2.51. The number of nitrogens with zero attached hydrogens (tertiary/aromatic N) is 2. The number of hydrogen-bond acceptors (Lipinski definition) is 2. The Morgan fingerprint density at radius 3 is 2.35 bits per heavy atom. The highest BCUT2D eigenvalue weighted by atomic mass is 16.2. The smallest absolute Gasteiger partial charge is 0.230 e. The lowest BCUT2D eigenvalue weighted by atomic mass is 9.81. The van der Waals surface area contributed by atoms with Crippen LogP contribution in [0.2, 0.25) is 0 Å². The Kier molecular flexibility index (Phi) is 4.58. The van der Waals surface area contributed by atoms with E-state index >= 15 is 0 Å². The molecule has 2 heterocycles. The van der Waals surface area contributed by atoms with Crippen LogP contribution in [0.4, 0.5) is 0 Å². The minimum Gasteiger partial charge on any atom is -0.339 e. The lowest BCUT2D eigenvalue weighted by Gasteiger charge is -2.43. The number of aryl methyl sites for hydroxylation is 1. The van der Waals surface area contributed by atoms with Crippen molar-refractivity contribution in [3.05, 3.63) is 71.3 Å². The molecule has 2 aliphatic rings. The van der Waals surface area contributed by atoms with Crippen molar-refractivity contribution in [3.8, 4) is 0 Å². The Morgan fingerprint density at radius 2 is 1.65 bits per heavy atom. The van der Waals surface area contributed by atoms with Gasteiger partial charge in [-0.05, 0) is 42.9 Å². The average Bonchev–Trinajstić information content (AvgIpc) is 2.92. The number of likely N-dealkylation sites (N-methyl/N-ethyl adjacent to an activating group) is 1. The Labute approximate surface area is 156 Å². The van der Waals surface area contributed by atoms with Gasteiger partial charge < -0.3 is 4.90 Å². The highest BCUT2D eigenvalue weighted by molar-refractivity contribution is 5.87. The maximum Gasteiger partial charge on any atom is 0.230 e. The summed E-state index contributed by atoms with van der Waals surface area (Å²) >= 11 is 0. The van der Waals surface area contributed by atoms with E-state index in [-0.39, 0.29) is 11.5 Å². The second-order valence-corrected chi connectivity index (χ2v) is 7.99. The van der Waals surface area contributed by atoms with Crippen molar-refractivity contribution in [2.75, 3.05) is 20.1 Å². The Bertz CT molecular complexity index is 778. The van der Waals surface area contributed by atoms with E-state index in [1.807, 2.05) is 25.2 Å². The van der Waals surface area contributed by atoms with Gasteiger partial charge in [0, 0.05) is 32.2 Å². The van der Waals surface area contributed by atoms with Gasteiger partial charge in [0.1, 0.15) is 0 Å². The molecule has 4 rings (SSSR count). The third-order valence-corrected chi connectivity index (χ3v) is 6.57. The number of benzene rings is 2. The molecule has 2 saturated heterocycles. The van der Waals surface area contributed by atoms with Crippen LogP contribution in [0.25, 0.3) is 0 Å². The summed E-state index contributed by atoms with van der Waals surface area (Å²) in [5, 5.41) is 0. The average molecular weight is 348 g/mol. The second-order valence-electron chi connectivity index (χ2n) is 7.99. The van der Waals surface area contributed by atoms with Gasteiger partial charge in [0.05, 0.1) is 5.92 Å². The summed E-state index contributed by atoms with van der Waals surface area (Å²) in [6.45, 7) is 5.33. The van der Waals surface area contributed by atoms with Gasteiger partial charge in [-0.3, -0.25) is 9.69 Å². The Morgan fingerprint density at radius 1 is 1.00 bits per heavy atom. The fraction of sp³-hybridized carbons (Fsp3) is 0.435. The van der Waals surface area contributed by atoms with Crippen LogP contribution in [0.1, 0.15) is 41.9 Å². The topological polar surface area (TPSA) is 23.6 Å². The summed E-state index contributed by atoms with van der Waals surface area (Å²) in [6.07, 6.45) is 3.11. The molecule has 3 nitrogen and oxygen atoms in total. The van der Waals surface area contributed by atoms with Crippen LogP contribution in [-0.4, -0.2) is 41.4 Å². The predicted molar refractivity (Wildman–Crippen MR) is 105 cm³/mol. The van der Waals surface area contributed by atoms with Crippen molar-refractivity contribution >= 4 is 5.91 Å². The van der Waals surface area contributed by atoms with E-state index in [0.717, 1.165) is 38.9 Å². The van der Waals surface area contributed by atoms with Gasteiger partial charge in [0.2, 0.25) is 5.91 Å². The fourth-order valence-electron chi connectivity index (χ4n) is 4.71. The van der Waals surface area contributed by atoms with E-state index < -0.39 is 0 Å². The van der Waals surface area contributed by atoms with Crippen LogP contribution in [0.5, 0.6) is 0 Å². The van der Waals surface area contributed by atoms with Crippen LogP contribution in [-0.2, 0) is 11.3 Å². The largest absolute Gasteiger partial charge is 0.339 e. The van der Waals surface area contributed by atoms with Crippen molar-refractivity contribution < 1.29 is 4.79 Å². The first-order valence-corrected chi connectivity index (χ1v) is 9.69. The van der Waals surface area contributed by atoms with E-state index in [2.05, 4.69) is 53.1 Å². The first-order chi connectivity index (χ1) is 12.6. The van der Waals surface area contributed by atoms with Crippen LogP contribution < -0.4 is 0 Å². The fourth-order valence-corrected chi connectivity index (χ4v) is 4.71. The molecule has 0 radical (unpaired) electrons. The second kappa shape index (κ2) is 6.88. The number of hydrogen-bond donors (Lipinski definition) is 0. The molecule has 2 fully saturated rings. The van der Waals surface area contributed by atoms with Gasteiger partial charge in [0.15, 0.2) is 0 Å². The number of piperidine rings is 1. The summed E-state index contributed by atoms with van der Waals surface area (Å²) in [7, 11) is 2.02. The third kappa shape index (κ3) is 3.05. The maximum atomic E-state index is 12.9. The molecule has 2 aliphatic heterocycles. The van der Waals surface area contributed by atoms with E-state index in [1.54, 1.807) is 0 Å². The van der Waals surface area contributed by atoms with Crippen molar-refractivity contribution in [1.82, 2.24) is 9.80 Å². The number of likely N-dealkylation sites (tertiary alicyclic amines) is 2. The zero-order chi connectivity index (χ0) is 18.1. The van der Waals surface area contributed by atoms with Crippen LogP contribution in [0.15, 0.2) is 54.6 Å². The monoisotopic (exact) mass is 348 g/mol. The third-order valence-electron chi connectivity index (χ3n) is 6.57. The van der Waals surface area contributed by atoms with E-state index in [1.165, 1.54) is 16.7 Å². The minimum atomic E-state index is 0.0316. The normalized spacial score (nSPS) is 22.9. The molecule has 2 aromatic rings. The molecule has 0 saturated carbocycles. The summed E-state index contributed by atoms with van der Waals surface area (Å²) < 4.78 is 0. The summed E-state index contributed by atoms with van der Waals surface area (Å²) in [6, 6.07) is 19.0. The maximum absolute atomic E-state index is 12.9. The summed E-state index contributed by atoms with van der Waals surface area (Å²) in [4.78, 5) is 17.5. The molecule has 3 heteroatoms.